The number of anilines is 1. The van der Waals surface area contributed by atoms with E-state index in [-0.39, 0.29) is 18.2 Å². The first kappa shape index (κ1) is 24.1. The first-order valence-electron chi connectivity index (χ1n) is 11.1. The van der Waals surface area contributed by atoms with Crippen LogP contribution in [0.15, 0.2) is 69.8 Å². The third kappa shape index (κ3) is 4.91. The maximum absolute atomic E-state index is 13.7. The average molecular weight is 495 g/mol. The highest BCUT2D eigenvalue weighted by atomic mass is 35.5. The van der Waals surface area contributed by atoms with Crippen LogP contribution in [0.1, 0.15) is 43.0 Å². The minimum Gasteiger partial charge on any atom is -0.356 e. The fraction of sp³-hybridized carbons (Fsp3) is 0.269. The van der Waals surface area contributed by atoms with Gasteiger partial charge in [0.15, 0.2) is 5.17 Å². The summed E-state index contributed by atoms with van der Waals surface area (Å²) in [6.07, 6.45) is 0.203. The summed E-state index contributed by atoms with van der Waals surface area (Å²) in [7, 11) is 0. The van der Waals surface area contributed by atoms with E-state index in [0.717, 1.165) is 33.2 Å². The molecule has 8 heteroatoms. The number of benzene rings is 2. The Morgan fingerprint density at radius 2 is 1.85 bits per heavy atom. The van der Waals surface area contributed by atoms with Crippen LogP contribution in [-0.4, -0.2) is 28.4 Å². The highest BCUT2D eigenvalue weighted by Crippen LogP contribution is 2.45. The molecule has 0 spiro atoms. The molecule has 0 fully saturated rings. The molecule has 2 aliphatic heterocycles. The van der Waals surface area contributed by atoms with Gasteiger partial charge in [-0.15, -0.1) is 0 Å². The number of nitrogens with zero attached hydrogens (tertiary/aromatic N) is 2. The Morgan fingerprint density at radius 1 is 1.12 bits per heavy atom. The predicted octanol–water partition coefficient (Wildman–Crippen LogP) is 5.70. The Morgan fingerprint density at radius 3 is 2.53 bits per heavy atom. The topological polar surface area (TPSA) is 73.8 Å². The van der Waals surface area contributed by atoms with E-state index in [4.69, 9.17) is 16.6 Å². The second kappa shape index (κ2) is 10.1. The molecule has 1 atom stereocenters. The van der Waals surface area contributed by atoms with Crippen LogP contribution in [-0.2, 0) is 9.59 Å². The summed E-state index contributed by atoms with van der Waals surface area (Å²) in [6.45, 7) is 8.30. The summed E-state index contributed by atoms with van der Waals surface area (Å²) >= 11 is 7.63. The average Bonchev–Trinajstić information content (AvgIpc) is 3.17. The molecule has 2 heterocycles. The van der Waals surface area contributed by atoms with Crippen molar-refractivity contribution >= 4 is 46.0 Å². The van der Waals surface area contributed by atoms with Gasteiger partial charge in [-0.25, -0.2) is 4.99 Å². The fourth-order valence-corrected chi connectivity index (χ4v) is 5.28. The number of carbonyl (C=O) groups is 2. The molecule has 2 amide bonds. The summed E-state index contributed by atoms with van der Waals surface area (Å²) in [6, 6.07) is 12.9. The molecule has 2 aromatic rings. The van der Waals surface area contributed by atoms with Crippen molar-refractivity contribution in [1.82, 2.24) is 10.2 Å². The molecule has 0 aliphatic carbocycles. The maximum Gasteiger partial charge on any atom is 0.255 e. The summed E-state index contributed by atoms with van der Waals surface area (Å²) in [4.78, 5) is 32.8. The van der Waals surface area contributed by atoms with Crippen molar-refractivity contribution in [2.45, 2.75) is 40.2 Å². The van der Waals surface area contributed by atoms with E-state index in [1.54, 1.807) is 0 Å². The lowest BCUT2D eigenvalue weighted by molar-refractivity contribution is -0.120. The van der Waals surface area contributed by atoms with Crippen LogP contribution < -0.4 is 10.6 Å². The van der Waals surface area contributed by atoms with E-state index in [1.807, 2.05) is 80.5 Å². The molecule has 0 aromatic heterocycles. The zero-order valence-electron chi connectivity index (χ0n) is 19.6. The first-order chi connectivity index (χ1) is 16.3. The Bertz CT molecular complexity index is 1230. The fourth-order valence-electron chi connectivity index (χ4n) is 4.19. The Kier molecular flexibility index (Phi) is 7.14. The molecule has 2 N–H and O–H groups in total. The number of fused-ring (bicyclic) bond motifs is 1. The van der Waals surface area contributed by atoms with Gasteiger partial charge in [-0.1, -0.05) is 53.2 Å². The highest BCUT2D eigenvalue weighted by molar-refractivity contribution is 8.16. The molecule has 0 saturated carbocycles. The number of hydrogen-bond acceptors (Lipinski definition) is 5. The van der Waals surface area contributed by atoms with Crippen LogP contribution in [0, 0.1) is 13.8 Å². The molecule has 0 radical (unpaired) electrons. The number of nitrogens with one attached hydrogen (secondary N) is 2. The van der Waals surface area contributed by atoms with Crippen molar-refractivity contribution in [3.63, 3.8) is 0 Å². The summed E-state index contributed by atoms with van der Waals surface area (Å²) in [5.41, 5.74) is 5.76. The zero-order valence-corrected chi connectivity index (χ0v) is 21.2. The summed E-state index contributed by atoms with van der Waals surface area (Å²) < 4.78 is 0. The van der Waals surface area contributed by atoms with E-state index < -0.39 is 6.04 Å². The highest BCUT2D eigenvalue weighted by Gasteiger charge is 2.40. The van der Waals surface area contributed by atoms with Gasteiger partial charge in [0.1, 0.15) is 0 Å². The van der Waals surface area contributed by atoms with Gasteiger partial charge in [-0.2, -0.15) is 0 Å². The van der Waals surface area contributed by atoms with E-state index in [1.165, 1.54) is 11.8 Å². The van der Waals surface area contributed by atoms with Crippen molar-refractivity contribution in [2.75, 3.05) is 11.9 Å². The Labute approximate surface area is 209 Å². The van der Waals surface area contributed by atoms with Gasteiger partial charge >= 0.3 is 0 Å². The first-order valence-corrected chi connectivity index (χ1v) is 12.4. The smallest absolute Gasteiger partial charge is 0.255 e. The van der Waals surface area contributed by atoms with E-state index >= 15 is 0 Å². The molecule has 0 unspecified atom stereocenters. The monoisotopic (exact) mass is 494 g/mol. The van der Waals surface area contributed by atoms with Crippen molar-refractivity contribution in [3.8, 4) is 0 Å². The third-order valence-corrected chi connectivity index (χ3v) is 6.92. The molecule has 2 aromatic carbocycles. The van der Waals surface area contributed by atoms with Crippen molar-refractivity contribution in [1.29, 1.82) is 0 Å². The maximum atomic E-state index is 13.7. The van der Waals surface area contributed by atoms with Crippen LogP contribution in [0.2, 0.25) is 5.02 Å². The summed E-state index contributed by atoms with van der Waals surface area (Å²) in [5, 5.41) is 9.24. The molecule has 2 aliphatic rings. The van der Waals surface area contributed by atoms with Crippen molar-refractivity contribution in [3.05, 3.63) is 86.6 Å². The van der Waals surface area contributed by atoms with Gasteiger partial charge in [-0.05, 0) is 62.4 Å². The van der Waals surface area contributed by atoms with E-state index in [2.05, 4.69) is 10.6 Å². The number of aryl methyl sites for hydroxylation is 2. The Hall–Kier alpha value is -3.03. The number of halogens is 1. The number of allylic oxidation sites excluding steroid dienone is 1. The van der Waals surface area contributed by atoms with Crippen LogP contribution in [0.5, 0.6) is 0 Å². The van der Waals surface area contributed by atoms with Gasteiger partial charge in [0.05, 0.1) is 23.7 Å². The second-order valence-corrected chi connectivity index (χ2v) is 9.62. The van der Waals surface area contributed by atoms with Crippen LogP contribution in [0.4, 0.5) is 5.69 Å². The molecule has 0 saturated heterocycles. The lowest BCUT2D eigenvalue weighted by Crippen LogP contribution is -2.38. The van der Waals surface area contributed by atoms with Gasteiger partial charge in [0.2, 0.25) is 5.91 Å². The number of aliphatic imine (C=N–C) groups is 1. The normalized spacial score (nSPS) is 17.2. The number of amides is 2. The van der Waals surface area contributed by atoms with E-state index in [9.17, 15) is 9.59 Å². The molecule has 4 rings (SSSR count). The van der Waals surface area contributed by atoms with Crippen LogP contribution >= 0.6 is 23.4 Å². The van der Waals surface area contributed by atoms with Crippen LogP contribution in [0.3, 0.4) is 0 Å². The number of thioether (sulfide) groups is 1. The van der Waals surface area contributed by atoms with Crippen molar-refractivity contribution < 1.29 is 9.59 Å². The number of carbonyl (C=O) groups excluding carboxylic acids is 2. The molecule has 0 bridgehead atoms. The zero-order chi connectivity index (χ0) is 24.4. The SMILES string of the molecule is CCNC(=O)CC1=CSC2=NC(C)=C(C(=O)Nc3ccc(C)cc3C)[C@@H](c3ccc(Cl)cc3)N12. The number of hydrogen-bond donors (Lipinski definition) is 2. The van der Waals surface area contributed by atoms with Crippen molar-refractivity contribution in [2.24, 2.45) is 4.99 Å². The largest absolute Gasteiger partial charge is 0.356 e. The molecule has 34 heavy (non-hydrogen) atoms. The minimum absolute atomic E-state index is 0.0713. The van der Waals surface area contributed by atoms with Gasteiger partial charge < -0.3 is 15.5 Å². The lowest BCUT2D eigenvalue weighted by atomic mass is 9.93. The third-order valence-electron chi connectivity index (χ3n) is 5.78. The Balaban J connectivity index is 1.75. The van der Waals surface area contributed by atoms with Gasteiger partial charge in [0.25, 0.3) is 5.91 Å². The quantitative estimate of drug-likeness (QED) is 0.540. The predicted molar refractivity (Wildman–Crippen MR) is 140 cm³/mol. The molecular weight excluding hydrogens is 468 g/mol. The lowest BCUT2D eigenvalue weighted by Gasteiger charge is -2.36. The number of amidine groups is 1. The van der Waals surface area contributed by atoms with Gasteiger partial charge in [-0.3, -0.25) is 9.59 Å². The van der Waals surface area contributed by atoms with Crippen LogP contribution in [0.25, 0.3) is 0 Å². The standard InChI is InChI=1S/C26H27ClN4O2S/c1-5-28-22(32)13-20-14-34-26-29-17(4)23(24(31(20)26)18-7-9-19(27)10-8-18)25(33)30-21-11-6-15(2)12-16(21)3/h6-12,14,24H,5,13H2,1-4H3,(H,28,32)(H,30,33)/t24-/m1/s1. The molecular formula is C26H27ClN4O2S. The molecule has 176 valence electrons. The van der Waals surface area contributed by atoms with Gasteiger partial charge in [0, 0.05) is 23.0 Å². The second-order valence-electron chi connectivity index (χ2n) is 8.35. The summed E-state index contributed by atoms with van der Waals surface area (Å²) in [5.74, 6) is -0.292. The van der Waals surface area contributed by atoms with E-state index in [0.29, 0.717) is 22.8 Å². The minimum atomic E-state index is -0.439. The molecule has 6 nitrogen and oxygen atoms in total. The number of rotatable bonds is 6.